The lowest BCUT2D eigenvalue weighted by Crippen LogP contribution is -2.30. The Morgan fingerprint density at radius 1 is 1.23 bits per heavy atom. The van der Waals surface area contributed by atoms with Crippen LogP contribution >= 0.6 is 23.1 Å². The molecular weight excluding hydrogens is 314 g/mol. The van der Waals surface area contributed by atoms with Gasteiger partial charge in [0.05, 0.1) is 18.0 Å². The fourth-order valence-electron chi connectivity index (χ4n) is 2.07. The first-order valence-electron chi connectivity index (χ1n) is 6.90. The minimum absolute atomic E-state index is 0.0823. The van der Waals surface area contributed by atoms with Crippen molar-refractivity contribution in [1.82, 2.24) is 4.90 Å². The Balaban J connectivity index is 1.77. The first-order chi connectivity index (χ1) is 10.7. The summed E-state index contributed by atoms with van der Waals surface area (Å²) in [6.45, 7) is 2.43. The highest BCUT2D eigenvalue weighted by atomic mass is 32.2. The van der Waals surface area contributed by atoms with Gasteiger partial charge in [0.15, 0.2) is 5.17 Å². The van der Waals surface area contributed by atoms with Crippen molar-refractivity contribution in [1.29, 1.82) is 0 Å². The zero-order valence-corrected chi connectivity index (χ0v) is 13.7. The Hall–Kier alpha value is -1.92. The maximum absolute atomic E-state index is 12.3. The number of amidine groups is 1. The summed E-state index contributed by atoms with van der Waals surface area (Å²) < 4.78 is 0. The highest BCUT2D eigenvalue weighted by Crippen LogP contribution is 2.28. The first kappa shape index (κ1) is 15.0. The molecule has 22 heavy (non-hydrogen) atoms. The van der Waals surface area contributed by atoms with Crippen molar-refractivity contribution in [3.05, 3.63) is 58.3 Å². The molecule has 1 aliphatic rings. The standard InChI is InChI=1S/C16H15N3OS2/c1-12-15(20)19(11-13-6-3-2-4-7-13)16(22-12)18-17-10-14-8-5-9-21-14/h2-10,12H,11H2,1H3/b17-10-,18-16+/t12-/m1/s1. The van der Waals surface area contributed by atoms with Gasteiger partial charge in [-0.2, -0.15) is 5.10 Å². The third-order valence-corrected chi connectivity index (χ3v) is 5.06. The number of rotatable bonds is 4. The second kappa shape index (κ2) is 6.89. The van der Waals surface area contributed by atoms with Gasteiger partial charge in [-0.25, -0.2) is 0 Å². The van der Waals surface area contributed by atoms with Gasteiger partial charge in [-0.1, -0.05) is 48.2 Å². The molecule has 2 heterocycles. The van der Waals surface area contributed by atoms with Crippen LogP contribution in [0.25, 0.3) is 0 Å². The number of thioether (sulfide) groups is 1. The Morgan fingerprint density at radius 3 is 2.77 bits per heavy atom. The second-order valence-corrected chi connectivity index (χ2v) is 7.10. The highest BCUT2D eigenvalue weighted by molar-refractivity contribution is 8.15. The Labute approximate surface area is 137 Å². The number of carbonyl (C=O) groups excluding carboxylic acids is 1. The van der Waals surface area contributed by atoms with Crippen molar-refractivity contribution in [2.24, 2.45) is 10.2 Å². The largest absolute Gasteiger partial charge is 0.284 e. The molecule has 1 saturated heterocycles. The van der Waals surface area contributed by atoms with E-state index in [0.29, 0.717) is 11.7 Å². The third-order valence-electron chi connectivity index (χ3n) is 3.18. The number of thiophene rings is 1. The number of nitrogens with zero attached hydrogens (tertiary/aromatic N) is 3. The van der Waals surface area contributed by atoms with E-state index in [4.69, 9.17) is 0 Å². The molecule has 0 aliphatic carbocycles. The van der Waals surface area contributed by atoms with Gasteiger partial charge in [-0.15, -0.1) is 16.4 Å². The van der Waals surface area contributed by atoms with E-state index in [1.807, 2.05) is 54.8 Å². The Kier molecular flexibility index (Phi) is 4.70. The summed E-state index contributed by atoms with van der Waals surface area (Å²) in [7, 11) is 0. The zero-order chi connectivity index (χ0) is 15.4. The molecule has 4 nitrogen and oxygen atoms in total. The molecule has 1 aromatic heterocycles. The van der Waals surface area contributed by atoms with Gasteiger partial charge < -0.3 is 0 Å². The molecule has 3 rings (SSSR count). The van der Waals surface area contributed by atoms with Gasteiger partial charge in [0.1, 0.15) is 0 Å². The predicted molar refractivity (Wildman–Crippen MR) is 93.4 cm³/mol. The van der Waals surface area contributed by atoms with E-state index in [-0.39, 0.29) is 11.2 Å². The minimum Gasteiger partial charge on any atom is -0.284 e. The van der Waals surface area contributed by atoms with Crippen molar-refractivity contribution < 1.29 is 4.79 Å². The molecule has 1 aliphatic heterocycles. The van der Waals surface area contributed by atoms with Crippen molar-refractivity contribution in [3.8, 4) is 0 Å². The summed E-state index contributed by atoms with van der Waals surface area (Å²) in [5.41, 5.74) is 1.08. The smallest absolute Gasteiger partial charge is 0.242 e. The van der Waals surface area contributed by atoms with Gasteiger partial charge in [-0.05, 0) is 23.9 Å². The van der Waals surface area contributed by atoms with Gasteiger partial charge in [0.2, 0.25) is 5.91 Å². The summed E-state index contributed by atoms with van der Waals surface area (Å²) in [5, 5.41) is 10.9. The molecule has 0 unspecified atom stereocenters. The lowest BCUT2D eigenvalue weighted by molar-refractivity contribution is -0.126. The van der Waals surface area contributed by atoms with Crippen molar-refractivity contribution in [2.45, 2.75) is 18.7 Å². The zero-order valence-electron chi connectivity index (χ0n) is 12.0. The number of hydrogen-bond acceptors (Lipinski definition) is 5. The van der Waals surface area contributed by atoms with E-state index < -0.39 is 0 Å². The van der Waals surface area contributed by atoms with E-state index in [2.05, 4.69) is 10.2 Å². The number of amides is 1. The van der Waals surface area contributed by atoms with Crippen LogP contribution in [0.15, 0.2) is 58.0 Å². The maximum atomic E-state index is 12.3. The average Bonchev–Trinajstić information content (AvgIpc) is 3.13. The van der Waals surface area contributed by atoms with Crippen LogP contribution in [0.5, 0.6) is 0 Å². The lowest BCUT2D eigenvalue weighted by atomic mass is 10.2. The third kappa shape index (κ3) is 3.45. The minimum atomic E-state index is -0.112. The van der Waals surface area contributed by atoms with Crippen LogP contribution in [-0.4, -0.2) is 27.4 Å². The monoisotopic (exact) mass is 329 g/mol. The summed E-state index contributed by atoms with van der Waals surface area (Å²) in [6.07, 6.45) is 1.71. The van der Waals surface area contributed by atoms with Crippen LogP contribution in [0.1, 0.15) is 17.4 Å². The average molecular weight is 329 g/mol. The molecule has 1 fully saturated rings. The van der Waals surface area contributed by atoms with E-state index in [1.165, 1.54) is 11.8 Å². The first-order valence-corrected chi connectivity index (χ1v) is 8.66. The highest BCUT2D eigenvalue weighted by Gasteiger charge is 2.35. The molecular formula is C16H15N3OS2. The molecule has 1 atom stereocenters. The Bertz CT molecular complexity index is 695. The summed E-state index contributed by atoms with van der Waals surface area (Å²) in [4.78, 5) is 15.0. The van der Waals surface area contributed by atoms with Crippen LogP contribution in [0.3, 0.4) is 0 Å². The molecule has 1 aromatic carbocycles. The maximum Gasteiger partial charge on any atom is 0.242 e. The Morgan fingerprint density at radius 2 is 2.05 bits per heavy atom. The summed E-state index contributed by atoms with van der Waals surface area (Å²) in [5.74, 6) is 0.0823. The normalized spacial score (nSPS) is 20.4. The topological polar surface area (TPSA) is 45.0 Å². The van der Waals surface area contributed by atoms with E-state index in [0.717, 1.165) is 10.4 Å². The quantitative estimate of drug-likeness (QED) is 0.635. The molecule has 0 bridgehead atoms. The van der Waals surface area contributed by atoms with Gasteiger partial charge in [0, 0.05) is 4.88 Å². The van der Waals surface area contributed by atoms with Crippen LogP contribution in [-0.2, 0) is 11.3 Å². The van der Waals surface area contributed by atoms with E-state index in [1.54, 1.807) is 22.5 Å². The fourth-order valence-corrected chi connectivity index (χ4v) is 3.57. The van der Waals surface area contributed by atoms with Crippen LogP contribution in [0, 0.1) is 0 Å². The molecule has 0 spiro atoms. The van der Waals surface area contributed by atoms with Gasteiger partial charge in [-0.3, -0.25) is 9.69 Å². The van der Waals surface area contributed by atoms with Crippen molar-refractivity contribution in [3.63, 3.8) is 0 Å². The number of benzene rings is 1. The predicted octanol–water partition coefficient (Wildman–Crippen LogP) is 3.60. The summed E-state index contributed by atoms with van der Waals surface area (Å²) >= 11 is 3.06. The molecule has 2 aromatic rings. The lowest BCUT2D eigenvalue weighted by Gasteiger charge is -2.15. The number of hydrogen-bond donors (Lipinski definition) is 0. The van der Waals surface area contributed by atoms with Crippen molar-refractivity contribution in [2.75, 3.05) is 0 Å². The SMILES string of the molecule is C[C@H]1S/C(=N/N=C\c2cccs2)N(Cc2ccccc2)C1=O. The van der Waals surface area contributed by atoms with E-state index in [9.17, 15) is 4.79 Å². The summed E-state index contributed by atoms with van der Waals surface area (Å²) in [6, 6.07) is 13.9. The fraction of sp³-hybridized carbons (Fsp3) is 0.188. The van der Waals surface area contributed by atoms with E-state index >= 15 is 0 Å². The molecule has 1 amide bonds. The second-order valence-electron chi connectivity index (χ2n) is 4.81. The van der Waals surface area contributed by atoms with Gasteiger partial charge in [0.25, 0.3) is 0 Å². The van der Waals surface area contributed by atoms with Gasteiger partial charge >= 0.3 is 0 Å². The van der Waals surface area contributed by atoms with Crippen LogP contribution in [0.4, 0.5) is 0 Å². The molecule has 6 heteroatoms. The molecule has 0 N–H and O–H groups in total. The molecule has 112 valence electrons. The van der Waals surface area contributed by atoms with Crippen LogP contribution in [0.2, 0.25) is 0 Å². The molecule has 0 saturated carbocycles. The van der Waals surface area contributed by atoms with Crippen LogP contribution < -0.4 is 0 Å². The van der Waals surface area contributed by atoms with Crippen molar-refractivity contribution >= 4 is 40.4 Å². The molecule has 0 radical (unpaired) electrons. The number of carbonyl (C=O) groups is 1.